The average Bonchev–Trinajstić information content (AvgIpc) is 2.48. The maximum absolute atomic E-state index is 12.5. The third-order valence-electron chi connectivity index (χ3n) is 4.13. The fraction of sp³-hybridized carbons (Fsp3) is 0.688. The van der Waals surface area contributed by atoms with Gasteiger partial charge in [0.05, 0.1) is 6.04 Å². The largest absolute Gasteiger partial charge is 0.352 e. The van der Waals surface area contributed by atoms with Crippen LogP contribution >= 0.6 is 0 Å². The van der Waals surface area contributed by atoms with Crippen LogP contribution in [0.4, 0.5) is 5.95 Å². The van der Waals surface area contributed by atoms with Crippen LogP contribution in [-0.2, 0) is 4.79 Å². The van der Waals surface area contributed by atoms with Gasteiger partial charge in [0, 0.05) is 31.5 Å². The molecular weight excluding hydrogens is 278 g/mol. The van der Waals surface area contributed by atoms with E-state index in [9.17, 15) is 4.79 Å². The molecule has 0 bridgehead atoms. The first-order valence-corrected chi connectivity index (χ1v) is 7.97. The van der Waals surface area contributed by atoms with Crippen molar-refractivity contribution in [1.29, 1.82) is 0 Å². The Kier molecular flexibility index (Phi) is 5.71. The number of amides is 1. The highest BCUT2D eigenvalue weighted by atomic mass is 16.2. The fourth-order valence-electron chi connectivity index (χ4n) is 3.10. The van der Waals surface area contributed by atoms with Gasteiger partial charge in [0.25, 0.3) is 0 Å². The topological polar surface area (TPSA) is 61.4 Å². The van der Waals surface area contributed by atoms with Crippen LogP contribution in [-0.4, -0.2) is 60.0 Å². The molecule has 2 heterocycles. The summed E-state index contributed by atoms with van der Waals surface area (Å²) >= 11 is 0. The van der Waals surface area contributed by atoms with Gasteiger partial charge in [-0.1, -0.05) is 13.8 Å². The minimum absolute atomic E-state index is 0.0736. The minimum Gasteiger partial charge on any atom is -0.352 e. The summed E-state index contributed by atoms with van der Waals surface area (Å²) < 4.78 is 0. The predicted octanol–water partition coefficient (Wildman–Crippen LogP) is 1.15. The Balaban J connectivity index is 1.86. The van der Waals surface area contributed by atoms with Crippen molar-refractivity contribution in [2.24, 2.45) is 5.92 Å². The van der Waals surface area contributed by atoms with E-state index in [1.807, 2.05) is 25.1 Å². The lowest BCUT2D eigenvalue weighted by molar-refractivity contribution is -0.127. The molecule has 1 N–H and O–H groups in total. The molecule has 0 saturated carbocycles. The Labute approximate surface area is 132 Å². The first-order chi connectivity index (χ1) is 10.5. The van der Waals surface area contributed by atoms with E-state index in [0.29, 0.717) is 5.92 Å². The molecule has 1 aliphatic rings. The van der Waals surface area contributed by atoms with Crippen LogP contribution in [0.15, 0.2) is 18.5 Å². The Morgan fingerprint density at radius 1 is 1.27 bits per heavy atom. The van der Waals surface area contributed by atoms with Gasteiger partial charge < -0.3 is 10.2 Å². The third-order valence-corrected chi connectivity index (χ3v) is 4.13. The second kappa shape index (κ2) is 7.54. The van der Waals surface area contributed by atoms with E-state index in [4.69, 9.17) is 0 Å². The van der Waals surface area contributed by atoms with Crippen molar-refractivity contribution in [2.75, 3.05) is 32.1 Å². The standard InChI is InChI=1S/C16H27N5O/c1-12(2)14(20(3)4)15(22)19-13-6-10-21(11-7-13)16-17-8-5-9-18-16/h5,8-9,12-14H,6-7,10-11H2,1-4H3,(H,19,22). The van der Waals surface area contributed by atoms with Crippen LogP contribution in [0.2, 0.25) is 0 Å². The molecule has 1 aromatic heterocycles. The predicted molar refractivity (Wildman–Crippen MR) is 87.7 cm³/mol. The second-order valence-corrected chi connectivity index (χ2v) is 6.47. The van der Waals surface area contributed by atoms with Gasteiger partial charge in [0.2, 0.25) is 11.9 Å². The number of nitrogens with one attached hydrogen (secondary N) is 1. The van der Waals surface area contributed by atoms with Gasteiger partial charge in [-0.25, -0.2) is 9.97 Å². The molecule has 1 aliphatic heterocycles. The zero-order chi connectivity index (χ0) is 16.1. The number of nitrogens with zero attached hydrogens (tertiary/aromatic N) is 4. The van der Waals surface area contributed by atoms with Crippen LogP contribution in [0, 0.1) is 5.92 Å². The first-order valence-electron chi connectivity index (χ1n) is 7.97. The van der Waals surface area contributed by atoms with Gasteiger partial charge >= 0.3 is 0 Å². The Bertz CT molecular complexity index is 461. The number of hydrogen-bond acceptors (Lipinski definition) is 5. The third kappa shape index (κ3) is 4.16. The number of anilines is 1. The maximum Gasteiger partial charge on any atom is 0.237 e. The van der Waals surface area contributed by atoms with E-state index in [1.54, 1.807) is 12.4 Å². The summed E-state index contributed by atoms with van der Waals surface area (Å²) in [4.78, 5) is 25.2. The summed E-state index contributed by atoms with van der Waals surface area (Å²) in [6, 6.07) is 1.99. The molecule has 1 amide bonds. The highest BCUT2D eigenvalue weighted by Gasteiger charge is 2.28. The highest BCUT2D eigenvalue weighted by molar-refractivity contribution is 5.82. The quantitative estimate of drug-likeness (QED) is 0.884. The van der Waals surface area contributed by atoms with E-state index < -0.39 is 0 Å². The lowest BCUT2D eigenvalue weighted by Crippen LogP contribution is -2.52. The average molecular weight is 305 g/mol. The van der Waals surface area contributed by atoms with Gasteiger partial charge in [0.15, 0.2) is 0 Å². The molecule has 1 saturated heterocycles. The molecule has 1 unspecified atom stereocenters. The lowest BCUT2D eigenvalue weighted by Gasteiger charge is -2.34. The number of piperidine rings is 1. The lowest BCUT2D eigenvalue weighted by atomic mass is 10.00. The monoisotopic (exact) mass is 305 g/mol. The summed E-state index contributed by atoms with van der Waals surface area (Å²) in [6.45, 7) is 5.92. The normalized spacial score (nSPS) is 17.8. The van der Waals surface area contributed by atoms with Crippen LogP contribution < -0.4 is 10.2 Å². The fourth-order valence-corrected chi connectivity index (χ4v) is 3.10. The summed E-state index contributed by atoms with van der Waals surface area (Å²) in [5.74, 6) is 1.21. The zero-order valence-corrected chi connectivity index (χ0v) is 14.0. The number of aromatic nitrogens is 2. The highest BCUT2D eigenvalue weighted by Crippen LogP contribution is 2.16. The molecule has 0 radical (unpaired) electrons. The van der Waals surface area contributed by atoms with Gasteiger partial charge in [-0.2, -0.15) is 0 Å². The Hall–Kier alpha value is -1.69. The summed E-state index contributed by atoms with van der Waals surface area (Å²) in [6.07, 6.45) is 5.39. The zero-order valence-electron chi connectivity index (χ0n) is 14.0. The van der Waals surface area contributed by atoms with Crippen LogP contribution in [0.3, 0.4) is 0 Å². The molecule has 1 fully saturated rings. The SMILES string of the molecule is CC(C)C(C(=O)NC1CCN(c2ncccn2)CC1)N(C)C. The number of hydrogen-bond donors (Lipinski definition) is 1. The molecular formula is C16H27N5O. The van der Waals surface area contributed by atoms with Crippen LogP contribution in [0.5, 0.6) is 0 Å². The van der Waals surface area contributed by atoms with Crippen molar-refractivity contribution in [3.8, 4) is 0 Å². The van der Waals surface area contributed by atoms with Crippen molar-refractivity contribution in [2.45, 2.75) is 38.8 Å². The number of carbonyl (C=O) groups excluding carboxylic acids is 1. The molecule has 22 heavy (non-hydrogen) atoms. The van der Waals surface area contributed by atoms with E-state index >= 15 is 0 Å². The van der Waals surface area contributed by atoms with Gasteiger partial charge in [0.1, 0.15) is 0 Å². The molecule has 2 rings (SSSR count). The molecule has 6 nitrogen and oxygen atoms in total. The van der Waals surface area contributed by atoms with Gasteiger partial charge in [-0.3, -0.25) is 9.69 Å². The van der Waals surface area contributed by atoms with Crippen LogP contribution in [0.1, 0.15) is 26.7 Å². The van der Waals surface area contributed by atoms with Crippen molar-refractivity contribution in [3.63, 3.8) is 0 Å². The van der Waals surface area contributed by atoms with Crippen molar-refractivity contribution in [3.05, 3.63) is 18.5 Å². The first kappa shape index (κ1) is 16.7. The smallest absolute Gasteiger partial charge is 0.237 e. The summed E-state index contributed by atoms with van der Waals surface area (Å²) in [7, 11) is 3.92. The van der Waals surface area contributed by atoms with Gasteiger partial charge in [-0.05, 0) is 38.9 Å². The van der Waals surface area contributed by atoms with E-state index in [2.05, 4.69) is 34.0 Å². The van der Waals surface area contributed by atoms with Gasteiger partial charge in [-0.15, -0.1) is 0 Å². The Morgan fingerprint density at radius 3 is 2.36 bits per heavy atom. The van der Waals surface area contributed by atoms with Crippen molar-refractivity contribution < 1.29 is 4.79 Å². The minimum atomic E-state index is -0.0736. The molecule has 6 heteroatoms. The molecule has 122 valence electrons. The molecule has 1 atom stereocenters. The molecule has 0 spiro atoms. The summed E-state index contributed by atoms with van der Waals surface area (Å²) in [5, 5.41) is 3.21. The molecule has 0 aromatic carbocycles. The van der Waals surface area contributed by atoms with Crippen LogP contribution in [0.25, 0.3) is 0 Å². The van der Waals surface area contributed by atoms with Crippen molar-refractivity contribution in [1.82, 2.24) is 20.2 Å². The molecule has 0 aliphatic carbocycles. The maximum atomic E-state index is 12.5. The number of carbonyl (C=O) groups is 1. The second-order valence-electron chi connectivity index (χ2n) is 6.47. The van der Waals surface area contributed by atoms with E-state index in [-0.39, 0.29) is 18.0 Å². The number of likely N-dealkylation sites (N-methyl/N-ethyl adjacent to an activating group) is 1. The van der Waals surface area contributed by atoms with E-state index in [1.165, 1.54) is 0 Å². The van der Waals surface area contributed by atoms with Crippen molar-refractivity contribution >= 4 is 11.9 Å². The van der Waals surface area contributed by atoms with E-state index in [0.717, 1.165) is 31.9 Å². The Morgan fingerprint density at radius 2 is 1.86 bits per heavy atom. The molecule has 1 aromatic rings. The summed E-state index contributed by atoms with van der Waals surface area (Å²) in [5.41, 5.74) is 0. The number of rotatable bonds is 5.